The molecule has 22 heavy (non-hydrogen) atoms. The fraction of sp³-hybridized carbons (Fsp3) is 0.294. The van der Waals surface area contributed by atoms with E-state index < -0.39 is 11.4 Å². The van der Waals surface area contributed by atoms with E-state index in [1.807, 2.05) is 13.0 Å². The molecule has 1 N–H and O–H groups in total. The lowest BCUT2D eigenvalue weighted by atomic mass is 10.0. The number of aromatic nitrogens is 1. The van der Waals surface area contributed by atoms with Crippen LogP contribution in [-0.4, -0.2) is 11.6 Å². The molecule has 5 heteroatoms. The fourth-order valence-electron chi connectivity index (χ4n) is 2.14. The van der Waals surface area contributed by atoms with Gasteiger partial charge in [-0.3, -0.25) is 4.79 Å². The summed E-state index contributed by atoms with van der Waals surface area (Å²) in [6.07, 6.45) is 1.82. The molecule has 0 amide bonds. The van der Waals surface area contributed by atoms with Crippen LogP contribution in [-0.2, 0) is 0 Å². The van der Waals surface area contributed by atoms with Crippen LogP contribution in [0.25, 0.3) is 11.1 Å². The molecule has 4 nitrogen and oxygen atoms in total. The van der Waals surface area contributed by atoms with Crippen molar-refractivity contribution in [2.45, 2.75) is 26.7 Å². The number of aryl methyl sites for hydroxylation is 1. The lowest BCUT2D eigenvalue weighted by Gasteiger charge is -2.09. The fourth-order valence-corrected chi connectivity index (χ4v) is 2.14. The topological polar surface area (TPSA) is 65.9 Å². The summed E-state index contributed by atoms with van der Waals surface area (Å²) in [5.74, 6) is -0.326. The Labute approximate surface area is 128 Å². The monoisotopic (exact) mass is 300 g/mol. The van der Waals surface area contributed by atoms with Crippen molar-refractivity contribution in [2.75, 3.05) is 6.61 Å². The van der Waals surface area contributed by atoms with Gasteiger partial charge in [-0.15, -0.1) is 0 Å². The van der Waals surface area contributed by atoms with Crippen LogP contribution in [0.3, 0.4) is 0 Å². The predicted molar refractivity (Wildman–Crippen MR) is 82.3 cm³/mol. The number of hydrogen-bond acceptors (Lipinski definition) is 3. The molecule has 0 bridgehead atoms. The minimum atomic E-state index is -0.504. The Bertz CT molecular complexity index is 775. The lowest BCUT2D eigenvalue weighted by Crippen LogP contribution is -2.12. The van der Waals surface area contributed by atoms with Gasteiger partial charge < -0.3 is 9.72 Å². The lowest BCUT2D eigenvalue weighted by molar-refractivity contribution is 0.294. The molecule has 0 aliphatic carbocycles. The summed E-state index contributed by atoms with van der Waals surface area (Å²) in [7, 11) is 0. The van der Waals surface area contributed by atoms with Gasteiger partial charge in [0.25, 0.3) is 5.56 Å². The van der Waals surface area contributed by atoms with Gasteiger partial charge in [-0.1, -0.05) is 19.4 Å². The highest BCUT2D eigenvalue weighted by atomic mass is 19.1. The minimum Gasteiger partial charge on any atom is -0.491 e. The molecule has 0 saturated heterocycles. The summed E-state index contributed by atoms with van der Waals surface area (Å²) < 4.78 is 19.5. The molecule has 2 rings (SSSR count). The first-order valence-corrected chi connectivity index (χ1v) is 7.13. The van der Waals surface area contributed by atoms with E-state index in [0.717, 1.165) is 12.8 Å². The van der Waals surface area contributed by atoms with Crippen LogP contribution >= 0.6 is 0 Å². The van der Waals surface area contributed by atoms with Gasteiger partial charge in [0.15, 0.2) is 11.6 Å². The Balaban J connectivity index is 2.41. The van der Waals surface area contributed by atoms with E-state index in [-0.39, 0.29) is 11.3 Å². The summed E-state index contributed by atoms with van der Waals surface area (Å²) in [5, 5.41) is 9.13. The Morgan fingerprint density at radius 1 is 1.36 bits per heavy atom. The van der Waals surface area contributed by atoms with E-state index in [2.05, 4.69) is 4.98 Å². The van der Waals surface area contributed by atoms with Crippen LogP contribution in [0.4, 0.5) is 4.39 Å². The normalized spacial score (nSPS) is 10.3. The zero-order chi connectivity index (χ0) is 16.1. The van der Waals surface area contributed by atoms with Crippen molar-refractivity contribution in [3.63, 3.8) is 0 Å². The molecular formula is C17H17FN2O2. The second kappa shape index (κ2) is 6.90. The molecule has 0 atom stereocenters. The summed E-state index contributed by atoms with van der Waals surface area (Å²) in [6, 6.07) is 7.99. The number of hydrogen-bond donors (Lipinski definition) is 1. The average molecular weight is 300 g/mol. The van der Waals surface area contributed by atoms with E-state index in [1.54, 1.807) is 19.1 Å². The highest BCUT2D eigenvalue weighted by Gasteiger charge is 2.12. The molecule has 0 fully saturated rings. The Morgan fingerprint density at radius 2 is 2.14 bits per heavy atom. The number of nitrogens with one attached hydrogen (secondary N) is 1. The number of unbranched alkanes of at least 4 members (excludes halogenated alkanes) is 1. The van der Waals surface area contributed by atoms with E-state index in [1.165, 1.54) is 12.1 Å². The molecule has 114 valence electrons. The number of aromatic amines is 1. The Kier molecular flexibility index (Phi) is 4.95. The molecule has 1 aromatic heterocycles. The molecular weight excluding hydrogens is 283 g/mol. The highest BCUT2D eigenvalue weighted by molar-refractivity contribution is 5.70. The third kappa shape index (κ3) is 3.34. The standard InChI is InChI=1S/C17H17FN2O2/c1-3-4-7-22-16-6-5-12(9-15(16)18)13-8-11(2)20-17(21)14(13)10-19/h5-6,8-9H,3-4,7H2,1-2H3,(H,20,21). The largest absolute Gasteiger partial charge is 0.491 e. The molecule has 0 aliphatic heterocycles. The maximum atomic E-state index is 14.1. The van der Waals surface area contributed by atoms with Crippen molar-refractivity contribution in [3.8, 4) is 22.9 Å². The van der Waals surface area contributed by atoms with Gasteiger partial charge in [0, 0.05) is 11.3 Å². The predicted octanol–water partition coefficient (Wildman–Crippen LogP) is 3.54. The van der Waals surface area contributed by atoms with Crippen molar-refractivity contribution in [2.24, 2.45) is 0 Å². The molecule has 2 aromatic rings. The molecule has 0 spiro atoms. The maximum absolute atomic E-state index is 14.1. The highest BCUT2D eigenvalue weighted by Crippen LogP contribution is 2.27. The van der Waals surface area contributed by atoms with Gasteiger partial charge in [-0.25, -0.2) is 4.39 Å². The second-order valence-corrected chi connectivity index (χ2v) is 5.03. The molecule has 0 aliphatic rings. The third-order valence-corrected chi connectivity index (χ3v) is 3.28. The van der Waals surface area contributed by atoms with Gasteiger partial charge >= 0.3 is 0 Å². The van der Waals surface area contributed by atoms with Gasteiger partial charge in [0.1, 0.15) is 11.6 Å². The van der Waals surface area contributed by atoms with Crippen LogP contribution in [0.1, 0.15) is 31.0 Å². The SMILES string of the molecule is CCCCOc1ccc(-c2cc(C)[nH]c(=O)c2C#N)cc1F. The van der Waals surface area contributed by atoms with Crippen LogP contribution < -0.4 is 10.3 Å². The molecule has 0 radical (unpaired) electrons. The van der Waals surface area contributed by atoms with E-state index >= 15 is 0 Å². The summed E-state index contributed by atoms with van der Waals surface area (Å²) >= 11 is 0. The maximum Gasteiger partial charge on any atom is 0.266 e. The first-order valence-electron chi connectivity index (χ1n) is 7.13. The number of nitriles is 1. The number of nitrogens with zero attached hydrogens (tertiary/aromatic N) is 1. The van der Waals surface area contributed by atoms with Crippen molar-refractivity contribution in [1.82, 2.24) is 4.98 Å². The van der Waals surface area contributed by atoms with Gasteiger partial charge in [0.05, 0.1) is 6.61 Å². The molecule has 0 unspecified atom stereocenters. The smallest absolute Gasteiger partial charge is 0.266 e. The van der Waals surface area contributed by atoms with Crippen molar-refractivity contribution in [1.29, 1.82) is 5.26 Å². The third-order valence-electron chi connectivity index (χ3n) is 3.28. The van der Waals surface area contributed by atoms with Gasteiger partial charge in [0.2, 0.25) is 0 Å². The quantitative estimate of drug-likeness (QED) is 0.859. The van der Waals surface area contributed by atoms with Crippen molar-refractivity contribution >= 4 is 0 Å². The molecule has 1 aromatic carbocycles. The first-order chi connectivity index (χ1) is 10.6. The van der Waals surface area contributed by atoms with E-state index in [0.29, 0.717) is 23.4 Å². The average Bonchev–Trinajstić information content (AvgIpc) is 2.48. The second-order valence-electron chi connectivity index (χ2n) is 5.03. The summed E-state index contributed by atoms with van der Waals surface area (Å²) in [6.45, 7) is 4.20. The van der Waals surface area contributed by atoms with Crippen LogP contribution in [0, 0.1) is 24.1 Å². The number of benzene rings is 1. The van der Waals surface area contributed by atoms with Crippen LogP contribution in [0.2, 0.25) is 0 Å². The molecule has 0 saturated carbocycles. The number of H-pyrrole nitrogens is 1. The number of pyridine rings is 1. The van der Waals surface area contributed by atoms with Crippen molar-refractivity contribution < 1.29 is 9.13 Å². The van der Waals surface area contributed by atoms with Gasteiger partial charge in [-0.2, -0.15) is 5.26 Å². The molecule has 1 heterocycles. The van der Waals surface area contributed by atoms with Crippen LogP contribution in [0.5, 0.6) is 5.75 Å². The zero-order valence-corrected chi connectivity index (χ0v) is 12.6. The number of halogens is 1. The van der Waals surface area contributed by atoms with Gasteiger partial charge in [-0.05, 0) is 37.1 Å². The minimum absolute atomic E-state index is 0.0235. The van der Waals surface area contributed by atoms with Crippen LogP contribution in [0.15, 0.2) is 29.1 Å². The van der Waals surface area contributed by atoms with E-state index in [4.69, 9.17) is 10.00 Å². The zero-order valence-electron chi connectivity index (χ0n) is 12.6. The van der Waals surface area contributed by atoms with Crippen molar-refractivity contribution in [3.05, 3.63) is 51.7 Å². The van der Waals surface area contributed by atoms with E-state index in [9.17, 15) is 9.18 Å². The Morgan fingerprint density at radius 3 is 2.77 bits per heavy atom. The summed E-state index contributed by atoms with van der Waals surface area (Å²) in [5.41, 5.74) is 1.02. The Hall–Kier alpha value is -2.61. The first kappa shape index (κ1) is 15.8. The number of rotatable bonds is 5. The number of ether oxygens (including phenoxy) is 1. The summed E-state index contributed by atoms with van der Waals surface area (Å²) in [4.78, 5) is 14.4.